The minimum absolute atomic E-state index is 0.0475. The van der Waals surface area contributed by atoms with Gasteiger partial charge in [0, 0.05) is 22.7 Å². The molecule has 1 N–H and O–H groups in total. The highest BCUT2D eigenvalue weighted by Crippen LogP contribution is 2.25. The number of halogens is 1. The molecule has 160 valence electrons. The first kappa shape index (κ1) is 22.0. The van der Waals surface area contributed by atoms with E-state index in [-0.39, 0.29) is 17.4 Å². The van der Waals surface area contributed by atoms with E-state index in [1.807, 2.05) is 48.5 Å². The highest BCUT2D eigenvalue weighted by Gasteiger charge is 2.13. The minimum Gasteiger partial charge on any atom is -0.325 e. The summed E-state index contributed by atoms with van der Waals surface area (Å²) in [7, 11) is 0. The number of nitrogens with zero attached hydrogens (tertiary/aromatic N) is 2. The Hall–Kier alpha value is -3.22. The van der Waals surface area contributed by atoms with Gasteiger partial charge in [0.25, 0.3) is 0 Å². The van der Waals surface area contributed by atoms with E-state index in [4.69, 9.17) is 21.6 Å². The Morgan fingerprint density at radius 1 is 0.938 bits per heavy atom. The van der Waals surface area contributed by atoms with Gasteiger partial charge in [-0.3, -0.25) is 9.59 Å². The molecule has 1 heterocycles. The predicted octanol–water partition coefficient (Wildman–Crippen LogP) is 5.81. The van der Waals surface area contributed by atoms with Crippen LogP contribution in [0.3, 0.4) is 0 Å². The fraction of sp³-hybridized carbons (Fsp3) is 0.120. The summed E-state index contributed by atoms with van der Waals surface area (Å²) in [5, 5.41) is 4.24. The number of ketones is 1. The molecule has 4 aromatic rings. The largest absolute Gasteiger partial charge is 0.325 e. The lowest BCUT2D eigenvalue weighted by molar-refractivity contribution is -0.113. The Balaban J connectivity index is 1.53. The molecule has 0 atom stereocenters. The van der Waals surface area contributed by atoms with Crippen LogP contribution in [0.4, 0.5) is 5.69 Å². The van der Waals surface area contributed by atoms with Crippen LogP contribution in [-0.2, 0) is 11.2 Å². The van der Waals surface area contributed by atoms with Crippen LogP contribution in [0.15, 0.2) is 77.8 Å². The summed E-state index contributed by atoms with van der Waals surface area (Å²) in [5.74, 6) is -0.0536. The van der Waals surface area contributed by atoms with E-state index in [0.29, 0.717) is 27.7 Å². The Kier molecular flexibility index (Phi) is 6.83. The lowest BCUT2D eigenvalue weighted by Crippen LogP contribution is -2.15. The quantitative estimate of drug-likeness (QED) is 0.278. The maximum Gasteiger partial charge on any atom is 0.234 e. The second-order valence-electron chi connectivity index (χ2n) is 7.24. The van der Waals surface area contributed by atoms with Crippen LogP contribution >= 0.6 is 23.4 Å². The van der Waals surface area contributed by atoms with E-state index < -0.39 is 0 Å². The molecule has 0 saturated heterocycles. The average molecular weight is 462 g/mol. The van der Waals surface area contributed by atoms with Crippen LogP contribution in [0, 0.1) is 0 Å². The van der Waals surface area contributed by atoms with Crippen molar-refractivity contribution in [2.24, 2.45) is 0 Å². The molecule has 0 aliphatic carbocycles. The second kappa shape index (κ2) is 9.94. The molecule has 0 bridgehead atoms. The zero-order valence-electron chi connectivity index (χ0n) is 17.3. The lowest BCUT2D eigenvalue weighted by atomic mass is 10.1. The number of carbonyl (C=O) groups excluding carboxylic acids is 2. The van der Waals surface area contributed by atoms with Gasteiger partial charge in [0.1, 0.15) is 5.03 Å². The average Bonchev–Trinajstić information content (AvgIpc) is 2.79. The molecule has 1 aromatic heterocycles. The summed E-state index contributed by atoms with van der Waals surface area (Å²) in [6.45, 7) is 1.50. The third-order valence-electron chi connectivity index (χ3n) is 4.78. The van der Waals surface area contributed by atoms with Crippen molar-refractivity contribution >= 4 is 51.8 Å². The number of hydrogen-bond donors (Lipinski definition) is 1. The van der Waals surface area contributed by atoms with E-state index >= 15 is 0 Å². The van der Waals surface area contributed by atoms with Crippen LogP contribution in [-0.4, -0.2) is 27.4 Å². The topological polar surface area (TPSA) is 72.0 Å². The van der Waals surface area contributed by atoms with E-state index in [9.17, 15) is 9.59 Å². The molecule has 0 radical (unpaired) electrons. The molecule has 3 aromatic carbocycles. The molecule has 0 unspecified atom stereocenters. The standard InChI is InChI=1S/C25H20ClN3O2S/c1-16(30)18-5-4-6-20(14-18)27-24(31)15-32-25-23(13-17-9-11-19(26)12-10-17)28-21-7-2-3-8-22(21)29-25/h2-12,14H,13,15H2,1H3,(H,27,31). The fourth-order valence-electron chi connectivity index (χ4n) is 3.19. The Labute approximate surface area is 195 Å². The summed E-state index contributed by atoms with van der Waals surface area (Å²) in [6, 6.07) is 22.2. The molecule has 5 nitrogen and oxygen atoms in total. The zero-order chi connectivity index (χ0) is 22.5. The summed E-state index contributed by atoms with van der Waals surface area (Å²) in [6.07, 6.45) is 0.583. The Morgan fingerprint density at radius 3 is 2.38 bits per heavy atom. The zero-order valence-corrected chi connectivity index (χ0v) is 18.9. The number of rotatable bonds is 7. The number of para-hydroxylation sites is 2. The Bertz CT molecular complexity index is 1290. The molecular formula is C25H20ClN3O2S. The van der Waals surface area contributed by atoms with Gasteiger partial charge in [-0.05, 0) is 48.9 Å². The van der Waals surface area contributed by atoms with Crippen LogP contribution in [0.25, 0.3) is 11.0 Å². The van der Waals surface area contributed by atoms with Gasteiger partial charge in [-0.15, -0.1) is 0 Å². The maximum atomic E-state index is 12.6. The monoisotopic (exact) mass is 461 g/mol. The number of amides is 1. The molecule has 1 amide bonds. The van der Waals surface area contributed by atoms with Gasteiger partial charge in [-0.25, -0.2) is 9.97 Å². The van der Waals surface area contributed by atoms with Gasteiger partial charge in [-0.1, -0.05) is 59.8 Å². The number of aromatic nitrogens is 2. The molecule has 4 rings (SSSR count). The number of benzene rings is 3. The summed E-state index contributed by atoms with van der Waals surface area (Å²) in [4.78, 5) is 33.7. The highest BCUT2D eigenvalue weighted by atomic mass is 35.5. The molecule has 0 fully saturated rings. The summed E-state index contributed by atoms with van der Waals surface area (Å²) < 4.78 is 0. The van der Waals surface area contributed by atoms with Crippen LogP contribution in [0.5, 0.6) is 0 Å². The smallest absolute Gasteiger partial charge is 0.234 e. The van der Waals surface area contributed by atoms with Crippen molar-refractivity contribution in [2.45, 2.75) is 18.4 Å². The van der Waals surface area contributed by atoms with Gasteiger partial charge in [0.05, 0.1) is 22.5 Å². The number of carbonyl (C=O) groups is 2. The number of nitrogens with one attached hydrogen (secondary N) is 1. The van der Waals surface area contributed by atoms with Gasteiger partial charge >= 0.3 is 0 Å². The van der Waals surface area contributed by atoms with Gasteiger partial charge < -0.3 is 5.32 Å². The fourth-order valence-corrected chi connectivity index (χ4v) is 4.11. The van der Waals surface area contributed by atoms with Crippen molar-refractivity contribution in [3.8, 4) is 0 Å². The molecule has 0 saturated carbocycles. The van der Waals surface area contributed by atoms with E-state index in [2.05, 4.69) is 5.32 Å². The van der Waals surface area contributed by atoms with E-state index in [0.717, 1.165) is 22.3 Å². The number of Topliss-reactive ketones (excluding diaryl/α,β-unsaturated/α-hetero) is 1. The first-order valence-electron chi connectivity index (χ1n) is 10.0. The van der Waals surface area contributed by atoms with Crippen molar-refractivity contribution < 1.29 is 9.59 Å². The van der Waals surface area contributed by atoms with Crippen LogP contribution < -0.4 is 5.32 Å². The van der Waals surface area contributed by atoms with Crippen molar-refractivity contribution in [1.82, 2.24) is 9.97 Å². The first-order valence-corrected chi connectivity index (χ1v) is 11.4. The van der Waals surface area contributed by atoms with Crippen molar-refractivity contribution in [3.63, 3.8) is 0 Å². The minimum atomic E-state index is -0.178. The number of fused-ring (bicyclic) bond motifs is 1. The normalized spacial score (nSPS) is 10.8. The van der Waals surface area contributed by atoms with Gasteiger partial charge in [-0.2, -0.15) is 0 Å². The third kappa shape index (κ3) is 5.52. The number of anilines is 1. The summed E-state index contributed by atoms with van der Waals surface area (Å²) in [5.41, 5.74) is 4.61. The van der Waals surface area contributed by atoms with Crippen LogP contribution in [0.2, 0.25) is 5.02 Å². The van der Waals surface area contributed by atoms with Crippen molar-refractivity contribution in [1.29, 1.82) is 0 Å². The third-order valence-corrected chi connectivity index (χ3v) is 6.04. The molecule has 7 heteroatoms. The predicted molar refractivity (Wildman–Crippen MR) is 130 cm³/mol. The highest BCUT2D eigenvalue weighted by molar-refractivity contribution is 8.00. The number of thioether (sulfide) groups is 1. The number of hydrogen-bond acceptors (Lipinski definition) is 5. The van der Waals surface area contributed by atoms with Gasteiger partial charge in [0.2, 0.25) is 5.91 Å². The molecule has 32 heavy (non-hydrogen) atoms. The first-order chi connectivity index (χ1) is 15.5. The van der Waals surface area contributed by atoms with Crippen molar-refractivity contribution in [3.05, 3.63) is 94.6 Å². The molecule has 0 spiro atoms. The van der Waals surface area contributed by atoms with Crippen LogP contribution in [0.1, 0.15) is 28.5 Å². The molecular weight excluding hydrogens is 442 g/mol. The SMILES string of the molecule is CC(=O)c1cccc(NC(=O)CSc2nc3ccccc3nc2Cc2ccc(Cl)cc2)c1. The van der Waals surface area contributed by atoms with Crippen molar-refractivity contribution in [2.75, 3.05) is 11.1 Å². The van der Waals surface area contributed by atoms with Gasteiger partial charge in [0.15, 0.2) is 5.78 Å². The van der Waals surface area contributed by atoms with E-state index in [1.165, 1.54) is 18.7 Å². The lowest BCUT2D eigenvalue weighted by Gasteiger charge is -2.10. The molecule has 0 aliphatic rings. The Morgan fingerprint density at radius 2 is 1.66 bits per heavy atom. The molecule has 0 aliphatic heterocycles. The van der Waals surface area contributed by atoms with E-state index in [1.54, 1.807) is 24.3 Å². The maximum absolute atomic E-state index is 12.6. The summed E-state index contributed by atoms with van der Waals surface area (Å²) >= 11 is 7.35. The second-order valence-corrected chi connectivity index (χ2v) is 8.64.